The number of pyridine rings is 2. The van der Waals surface area contributed by atoms with Gasteiger partial charge in [-0.2, -0.15) is 0 Å². The molecule has 1 fully saturated rings. The topological polar surface area (TPSA) is 32.3 Å². The normalized spacial score (nSPS) is 17.0. The van der Waals surface area contributed by atoms with Crippen LogP contribution in [0.4, 0.5) is 0 Å². The van der Waals surface area contributed by atoms with E-state index in [9.17, 15) is 0 Å². The Labute approximate surface area is 139 Å². The fourth-order valence-electron chi connectivity index (χ4n) is 3.14. The minimum atomic E-state index is 1.12. The Kier molecular flexibility index (Phi) is 6.12. The van der Waals surface area contributed by atoms with Crippen molar-refractivity contribution >= 4 is 0 Å². The van der Waals surface area contributed by atoms with Crippen molar-refractivity contribution in [3.8, 4) is 0 Å². The number of aromatic nitrogens is 2. The van der Waals surface area contributed by atoms with Gasteiger partial charge in [0, 0.05) is 51.0 Å². The monoisotopic (exact) mass is 310 g/mol. The van der Waals surface area contributed by atoms with Crippen LogP contribution in [0.5, 0.6) is 0 Å². The Morgan fingerprint density at radius 1 is 0.652 bits per heavy atom. The Bertz CT molecular complexity index is 507. The van der Waals surface area contributed by atoms with Gasteiger partial charge in [0.25, 0.3) is 0 Å². The summed E-state index contributed by atoms with van der Waals surface area (Å²) in [7, 11) is 0. The van der Waals surface area contributed by atoms with Gasteiger partial charge in [-0.3, -0.25) is 9.97 Å². The zero-order valence-corrected chi connectivity index (χ0v) is 13.8. The second-order valence-electron chi connectivity index (χ2n) is 6.25. The second kappa shape index (κ2) is 8.75. The predicted octanol–water partition coefficient (Wildman–Crippen LogP) is 2.27. The van der Waals surface area contributed by atoms with Gasteiger partial charge in [-0.1, -0.05) is 0 Å². The molecule has 3 rings (SSSR count). The highest BCUT2D eigenvalue weighted by Gasteiger charge is 2.14. The van der Waals surface area contributed by atoms with Crippen LogP contribution >= 0.6 is 0 Å². The Hall–Kier alpha value is -1.78. The van der Waals surface area contributed by atoms with Crippen molar-refractivity contribution < 1.29 is 0 Å². The van der Waals surface area contributed by atoms with Crippen molar-refractivity contribution in [3.63, 3.8) is 0 Å². The van der Waals surface area contributed by atoms with Crippen LogP contribution < -0.4 is 0 Å². The van der Waals surface area contributed by atoms with Crippen LogP contribution in [0.15, 0.2) is 49.1 Å². The number of hydrogen-bond donors (Lipinski definition) is 0. The van der Waals surface area contributed by atoms with Crippen LogP contribution in [-0.2, 0) is 12.8 Å². The van der Waals surface area contributed by atoms with Gasteiger partial charge >= 0.3 is 0 Å². The van der Waals surface area contributed by atoms with Gasteiger partial charge in [-0.25, -0.2) is 0 Å². The Morgan fingerprint density at radius 3 is 1.52 bits per heavy atom. The smallest absolute Gasteiger partial charge is 0.0270 e. The molecule has 2 aromatic rings. The first kappa shape index (κ1) is 16.1. The molecular formula is C19H26N4. The van der Waals surface area contributed by atoms with Gasteiger partial charge in [0.1, 0.15) is 0 Å². The average Bonchev–Trinajstić information content (AvgIpc) is 2.85. The summed E-state index contributed by atoms with van der Waals surface area (Å²) < 4.78 is 0. The summed E-state index contributed by atoms with van der Waals surface area (Å²) in [5.74, 6) is 0. The molecule has 23 heavy (non-hydrogen) atoms. The molecule has 0 atom stereocenters. The minimum absolute atomic E-state index is 1.12. The highest BCUT2D eigenvalue weighted by atomic mass is 15.2. The number of hydrogen-bond acceptors (Lipinski definition) is 4. The first-order valence-corrected chi connectivity index (χ1v) is 8.63. The van der Waals surface area contributed by atoms with Crippen LogP contribution in [0.2, 0.25) is 0 Å². The summed E-state index contributed by atoms with van der Waals surface area (Å²) in [6, 6.07) is 8.50. The zero-order chi connectivity index (χ0) is 15.7. The van der Waals surface area contributed by atoms with Gasteiger partial charge in [0.2, 0.25) is 0 Å². The molecule has 1 saturated heterocycles. The van der Waals surface area contributed by atoms with Crippen LogP contribution in [-0.4, -0.2) is 59.0 Å². The van der Waals surface area contributed by atoms with Crippen molar-refractivity contribution in [1.82, 2.24) is 19.8 Å². The Morgan fingerprint density at radius 2 is 1.09 bits per heavy atom. The summed E-state index contributed by atoms with van der Waals surface area (Å²) in [5.41, 5.74) is 2.78. The summed E-state index contributed by atoms with van der Waals surface area (Å²) in [5, 5.41) is 0. The van der Waals surface area contributed by atoms with Gasteiger partial charge in [-0.15, -0.1) is 0 Å². The van der Waals surface area contributed by atoms with E-state index in [-0.39, 0.29) is 0 Å². The van der Waals surface area contributed by atoms with Crippen molar-refractivity contribution in [2.75, 3.05) is 39.3 Å². The molecule has 0 bridgehead atoms. The third-order valence-electron chi connectivity index (χ3n) is 4.61. The van der Waals surface area contributed by atoms with Gasteiger partial charge in [-0.05, 0) is 67.7 Å². The van der Waals surface area contributed by atoms with E-state index >= 15 is 0 Å². The molecule has 4 heteroatoms. The van der Waals surface area contributed by atoms with E-state index in [0.29, 0.717) is 0 Å². The van der Waals surface area contributed by atoms with Gasteiger partial charge in [0.15, 0.2) is 0 Å². The lowest BCUT2D eigenvalue weighted by atomic mass is 10.2. The van der Waals surface area contributed by atoms with Crippen molar-refractivity contribution in [2.24, 2.45) is 0 Å². The van der Waals surface area contributed by atoms with Gasteiger partial charge in [0.05, 0.1) is 0 Å². The Balaban J connectivity index is 1.40. The molecule has 4 nitrogen and oxygen atoms in total. The fourth-order valence-corrected chi connectivity index (χ4v) is 3.14. The predicted molar refractivity (Wildman–Crippen MR) is 93.4 cm³/mol. The molecule has 2 aromatic heterocycles. The molecule has 0 radical (unpaired) electrons. The SMILES string of the molecule is c1cc(CCN2CCCN(CCc3ccncc3)CC2)ccn1. The molecule has 1 aliphatic rings. The van der Waals surface area contributed by atoms with Crippen molar-refractivity contribution in [3.05, 3.63) is 60.2 Å². The van der Waals surface area contributed by atoms with E-state index in [1.54, 1.807) is 0 Å². The van der Waals surface area contributed by atoms with Crippen molar-refractivity contribution in [2.45, 2.75) is 19.3 Å². The highest BCUT2D eigenvalue weighted by molar-refractivity contribution is 5.10. The van der Waals surface area contributed by atoms with E-state index in [0.717, 1.165) is 25.9 Å². The minimum Gasteiger partial charge on any atom is -0.302 e. The maximum atomic E-state index is 4.09. The first-order valence-electron chi connectivity index (χ1n) is 8.63. The molecule has 0 N–H and O–H groups in total. The van der Waals surface area contributed by atoms with E-state index in [2.05, 4.69) is 44.0 Å². The molecule has 0 unspecified atom stereocenters. The maximum absolute atomic E-state index is 4.09. The van der Waals surface area contributed by atoms with Crippen molar-refractivity contribution in [1.29, 1.82) is 0 Å². The summed E-state index contributed by atoms with van der Waals surface area (Å²) in [4.78, 5) is 13.4. The molecule has 1 aliphatic heterocycles. The van der Waals surface area contributed by atoms with E-state index < -0.39 is 0 Å². The summed E-state index contributed by atoms with van der Waals surface area (Å²) >= 11 is 0. The molecule has 3 heterocycles. The van der Waals surface area contributed by atoms with E-state index in [4.69, 9.17) is 0 Å². The largest absolute Gasteiger partial charge is 0.302 e. The number of rotatable bonds is 6. The van der Waals surface area contributed by atoms with Gasteiger partial charge < -0.3 is 9.80 Å². The quantitative estimate of drug-likeness (QED) is 0.819. The van der Waals surface area contributed by atoms with E-state index in [1.165, 1.54) is 43.7 Å². The molecule has 0 spiro atoms. The summed E-state index contributed by atoms with van der Waals surface area (Å²) in [6.45, 7) is 7.11. The average molecular weight is 310 g/mol. The lowest BCUT2D eigenvalue weighted by Gasteiger charge is -2.21. The first-order chi connectivity index (χ1) is 11.4. The molecule has 0 amide bonds. The van der Waals surface area contributed by atoms with Crippen LogP contribution in [0.1, 0.15) is 17.5 Å². The third kappa shape index (κ3) is 5.41. The lowest BCUT2D eigenvalue weighted by molar-refractivity contribution is 0.260. The standard InChI is InChI=1S/C19H26N4/c1-12-22(14-6-18-2-8-20-9-3-18)16-17-23(13-1)15-7-19-4-10-21-11-5-19/h2-5,8-11H,1,6-7,12-17H2. The lowest BCUT2D eigenvalue weighted by Crippen LogP contribution is -2.33. The second-order valence-corrected chi connectivity index (χ2v) is 6.25. The zero-order valence-electron chi connectivity index (χ0n) is 13.8. The highest BCUT2D eigenvalue weighted by Crippen LogP contribution is 2.07. The number of nitrogens with zero attached hydrogens (tertiary/aromatic N) is 4. The molecule has 122 valence electrons. The third-order valence-corrected chi connectivity index (χ3v) is 4.61. The molecule has 0 aliphatic carbocycles. The van der Waals surface area contributed by atoms with E-state index in [1.807, 2.05) is 24.8 Å². The fraction of sp³-hybridized carbons (Fsp3) is 0.474. The maximum Gasteiger partial charge on any atom is 0.0270 e. The molecule has 0 aromatic carbocycles. The molecule has 0 saturated carbocycles. The molecular weight excluding hydrogens is 284 g/mol. The van der Waals surface area contributed by atoms with Crippen LogP contribution in [0.25, 0.3) is 0 Å². The van der Waals surface area contributed by atoms with Crippen LogP contribution in [0, 0.1) is 0 Å². The summed E-state index contributed by atoms with van der Waals surface area (Å²) in [6.07, 6.45) is 11.1. The van der Waals surface area contributed by atoms with Crippen LogP contribution in [0.3, 0.4) is 0 Å².